The van der Waals surface area contributed by atoms with Gasteiger partial charge in [0.2, 0.25) is 0 Å². The minimum Gasteiger partial charge on any atom is -0.469 e. The van der Waals surface area contributed by atoms with Gasteiger partial charge in [0.05, 0.1) is 13.5 Å². The van der Waals surface area contributed by atoms with Crippen LogP contribution in [0.1, 0.15) is 40.0 Å². The van der Waals surface area contributed by atoms with E-state index in [4.69, 9.17) is 10.5 Å². The van der Waals surface area contributed by atoms with Crippen molar-refractivity contribution in [3.63, 3.8) is 0 Å². The molecular weight excluding hydrogens is 248 g/mol. The zero-order valence-corrected chi connectivity index (χ0v) is 12.2. The molecule has 0 radical (unpaired) electrons. The van der Waals surface area contributed by atoms with Gasteiger partial charge >= 0.3 is 12.1 Å². The zero-order valence-electron chi connectivity index (χ0n) is 12.2. The molecule has 1 saturated heterocycles. The standard InChI is InChI=1S/C13H24N2O4/c1-12(2,3)19-11(17)15-7-5-6-13(14,9-15)8-10(16)18-4/h5-9,14H2,1-4H3. The van der Waals surface area contributed by atoms with Gasteiger partial charge in [-0.25, -0.2) is 4.79 Å². The summed E-state index contributed by atoms with van der Waals surface area (Å²) in [6.45, 7) is 6.38. The van der Waals surface area contributed by atoms with Gasteiger partial charge in [0.15, 0.2) is 0 Å². The summed E-state index contributed by atoms with van der Waals surface area (Å²) in [6, 6.07) is 0. The quantitative estimate of drug-likeness (QED) is 0.766. The molecule has 0 bridgehead atoms. The number of piperidine rings is 1. The summed E-state index contributed by atoms with van der Waals surface area (Å²) in [4.78, 5) is 24.9. The fourth-order valence-electron chi connectivity index (χ4n) is 2.15. The Morgan fingerprint density at radius 2 is 2.00 bits per heavy atom. The van der Waals surface area contributed by atoms with Gasteiger partial charge in [-0.2, -0.15) is 0 Å². The fraction of sp³-hybridized carbons (Fsp3) is 0.846. The molecule has 0 aromatic carbocycles. The maximum Gasteiger partial charge on any atom is 0.410 e. The number of amides is 1. The number of nitrogens with two attached hydrogens (primary N) is 1. The molecule has 1 aliphatic heterocycles. The number of nitrogens with zero attached hydrogens (tertiary/aromatic N) is 1. The molecule has 0 saturated carbocycles. The van der Waals surface area contributed by atoms with Crippen molar-refractivity contribution in [1.29, 1.82) is 0 Å². The Morgan fingerprint density at radius 1 is 1.37 bits per heavy atom. The van der Waals surface area contributed by atoms with Gasteiger partial charge in [0.1, 0.15) is 5.60 Å². The van der Waals surface area contributed by atoms with E-state index >= 15 is 0 Å². The van der Waals surface area contributed by atoms with E-state index in [1.165, 1.54) is 7.11 Å². The predicted octanol–water partition coefficient (Wildman–Crippen LogP) is 1.28. The van der Waals surface area contributed by atoms with Crippen LogP contribution in [0, 0.1) is 0 Å². The van der Waals surface area contributed by atoms with E-state index in [0.29, 0.717) is 19.5 Å². The van der Waals surface area contributed by atoms with Crippen molar-refractivity contribution in [2.75, 3.05) is 20.2 Å². The highest BCUT2D eigenvalue weighted by atomic mass is 16.6. The van der Waals surface area contributed by atoms with Crippen molar-refractivity contribution >= 4 is 12.1 Å². The third-order valence-corrected chi connectivity index (χ3v) is 2.98. The third kappa shape index (κ3) is 5.06. The van der Waals surface area contributed by atoms with Crippen LogP contribution >= 0.6 is 0 Å². The van der Waals surface area contributed by atoms with Crippen LogP contribution < -0.4 is 5.73 Å². The average Bonchev–Trinajstić information content (AvgIpc) is 2.26. The lowest BCUT2D eigenvalue weighted by atomic mass is 9.87. The minimum absolute atomic E-state index is 0.114. The van der Waals surface area contributed by atoms with Crippen LogP contribution in [-0.2, 0) is 14.3 Å². The summed E-state index contributed by atoms with van der Waals surface area (Å²) in [5, 5.41) is 0. The van der Waals surface area contributed by atoms with Crippen LogP contribution in [0.25, 0.3) is 0 Å². The number of carbonyl (C=O) groups excluding carboxylic acids is 2. The van der Waals surface area contributed by atoms with Crippen LogP contribution in [0.2, 0.25) is 0 Å². The van der Waals surface area contributed by atoms with Crippen molar-refractivity contribution in [2.24, 2.45) is 5.73 Å². The third-order valence-electron chi connectivity index (χ3n) is 2.98. The van der Waals surface area contributed by atoms with Crippen LogP contribution in [0.15, 0.2) is 0 Å². The maximum absolute atomic E-state index is 12.0. The summed E-state index contributed by atoms with van der Waals surface area (Å²) in [5.74, 6) is -0.353. The molecule has 1 atom stereocenters. The Labute approximate surface area is 114 Å². The van der Waals surface area contributed by atoms with E-state index in [2.05, 4.69) is 4.74 Å². The molecule has 1 aliphatic rings. The molecule has 110 valence electrons. The molecular formula is C13H24N2O4. The smallest absolute Gasteiger partial charge is 0.410 e. The Morgan fingerprint density at radius 3 is 2.53 bits per heavy atom. The van der Waals surface area contributed by atoms with Crippen molar-refractivity contribution < 1.29 is 19.1 Å². The van der Waals surface area contributed by atoms with E-state index in [9.17, 15) is 9.59 Å². The molecule has 1 rings (SSSR count). The van der Waals surface area contributed by atoms with Gasteiger partial charge in [-0.3, -0.25) is 4.79 Å². The number of methoxy groups -OCH3 is 1. The first-order chi connectivity index (χ1) is 8.65. The maximum atomic E-state index is 12.0. The second-order valence-corrected chi connectivity index (χ2v) is 6.12. The van der Waals surface area contributed by atoms with Crippen LogP contribution in [0.4, 0.5) is 4.79 Å². The monoisotopic (exact) mass is 272 g/mol. The molecule has 0 spiro atoms. The second-order valence-electron chi connectivity index (χ2n) is 6.12. The molecule has 0 aliphatic carbocycles. The Bertz CT molecular complexity index is 351. The highest BCUT2D eigenvalue weighted by molar-refractivity contribution is 5.72. The number of esters is 1. The highest BCUT2D eigenvalue weighted by Gasteiger charge is 2.37. The van der Waals surface area contributed by atoms with Crippen molar-refractivity contribution in [2.45, 2.75) is 51.2 Å². The first-order valence-electron chi connectivity index (χ1n) is 6.49. The molecule has 6 heteroatoms. The van der Waals surface area contributed by atoms with E-state index in [1.54, 1.807) is 4.90 Å². The van der Waals surface area contributed by atoms with Crippen molar-refractivity contribution in [3.05, 3.63) is 0 Å². The average molecular weight is 272 g/mol. The number of hydrogen-bond donors (Lipinski definition) is 1. The van der Waals surface area contributed by atoms with Crippen molar-refractivity contribution in [1.82, 2.24) is 4.90 Å². The lowest BCUT2D eigenvalue weighted by Gasteiger charge is -2.39. The SMILES string of the molecule is COC(=O)CC1(N)CCCN(C(=O)OC(C)(C)C)C1. The lowest BCUT2D eigenvalue weighted by molar-refractivity contribution is -0.142. The molecule has 1 unspecified atom stereocenters. The Kier molecular flexibility index (Phi) is 4.79. The fourth-order valence-corrected chi connectivity index (χ4v) is 2.15. The van der Waals surface area contributed by atoms with Crippen LogP contribution in [0.3, 0.4) is 0 Å². The normalized spacial score (nSPS) is 23.9. The van der Waals surface area contributed by atoms with E-state index in [-0.39, 0.29) is 18.5 Å². The number of likely N-dealkylation sites (tertiary alicyclic amines) is 1. The number of carbonyl (C=O) groups is 2. The van der Waals surface area contributed by atoms with Gasteiger partial charge in [0, 0.05) is 18.6 Å². The summed E-state index contributed by atoms with van der Waals surface area (Å²) in [5.41, 5.74) is 4.92. The zero-order chi connectivity index (χ0) is 14.7. The minimum atomic E-state index is -0.720. The van der Waals surface area contributed by atoms with Gasteiger partial charge in [-0.15, -0.1) is 0 Å². The molecule has 0 aromatic rings. The Hall–Kier alpha value is -1.30. The molecule has 0 aromatic heterocycles. The summed E-state index contributed by atoms with van der Waals surface area (Å²) in [6.07, 6.45) is 1.18. The number of hydrogen-bond acceptors (Lipinski definition) is 5. The van der Waals surface area contributed by atoms with Gasteiger partial charge < -0.3 is 20.1 Å². The lowest BCUT2D eigenvalue weighted by Crippen LogP contribution is -2.57. The highest BCUT2D eigenvalue weighted by Crippen LogP contribution is 2.24. The summed E-state index contributed by atoms with van der Waals surface area (Å²) in [7, 11) is 1.33. The largest absolute Gasteiger partial charge is 0.469 e. The van der Waals surface area contributed by atoms with Crippen LogP contribution in [-0.4, -0.2) is 48.3 Å². The number of ether oxygens (including phenoxy) is 2. The summed E-state index contributed by atoms with van der Waals surface area (Å²) >= 11 is 0. The summed E-state index contributed by atoms with van der Waals surface area (Å²) < 4.78 is 9.96. The second kappa shape index (κ2) is 5.77. The molecule has 1 heterocycles. The molecule has 1 fully saturated rings. The van der Waals surface area contributed by atoms with Crippen molar-refractivity contribution in [3.8, 4) is 0 Å². The molecule has 19 heavy (non-hydrogen) atoms. The van der Waals surface area contributed by atoms with E-state index in [0.717, 1.165) is 6.42 Å². The first kappa shape index (κ1) is 15.8. The van der Waals surface area contributed by atoms with Gasteiger partial charge in [-0.1, -0.05) is 0 Å². The van der Waals surface area contributed by atoms with Crippen LogP contribution in [0.5, 0.6) is 0 Å². The van der Waals surface area contributed by atoms with E-state index < -0.39 is 11.1 Å². The van der Waals surface area contributed by atoms with Gasteiger partial charge in [-0.05, 0) is 33.6 Å². The molecule has 1 amide bonds. The number of rotatable bonds is 2. The predicted molar refractivity (Wildman–Crippen MR) is 70.6 cm³/mol. The topological polar surface area (TPSA) is 81.9 Å². The molecule has 2 N–H and O–H groups in total. The Balaban J connectivity index is 2.63. The first-order valence-corrected chi connectivity index (χ1v) is 6.49. The van der Waals surface area contributed by atoms with Gasteiger partial charge in [0.25, 0.3) is 0 Å². The van der Waals surface area contributed by atoms with E-state index in [1.807, 2.05) is 20.8 Å². The molecule has 6 nitrogen and oxygen atoms in total.